The van der Waals surface area contributed by atoms with Gasteiger partial charge in [-0.2, -0.15) is 0 Å². The van der Waals surface area contributed by atoms with Crippen LogP contribution in [0.3, 0.4) is 0 Å². The summed E-state index contributed by atoms with van der Waals surface area (Å²) >= 11 is 0. The fraction of sp³-hybridized carbons (Fsp3) is 0.208. The lowest BCUT2D eigenvalue weighted by Gasteiger charge is -2.26. The molecule has 0 saturated heterocycles. The molecule has 1 aliphatic carbocycles. The average Bonchev–Trinajstić information content (AvgIpc) is 3.58. The summed E-state index contributed by atoms with van der Waals surface area (Å²) in [5.74, 6) is 0.0255. The molecule has 4 aromatic rings. The van der Waals surface area contributed by atoms with E-state index >= 15 is 0 Å². The summed E-state index contributed by atoms with van der Waals surface area (Å²) in [5.41, 5.74) is 5.28. The lowest BCUT2D eigenvalue weighted by molar-refractivity contribution is 0.102. The molecular weight excluding hydrogens is 420 g/mol. The first kappa shape index (κ1) is 19.4. The van der Waals surface area contributed by atoms with Gasteiger partial charge in [-0.25, -0.2) is 9.78 Å². The third-order valence-electron chi connectivity index (χ3n) is 6.00. The normalized spacial score (nSPS) is 15.3. The number of benzene rings is 1. The number of pyridine rings is 2. The second-order valence-corrected chi connectivity index (χ2v) is 8.43. The molecule has 3 amide bonds. The van der Waals surface area contributed by atoms with Gasteiger partial charge in [-0.15, -0.1) is 0 Å². The molecule has 0 spiro atoms. The van der Waals surface area contributed by atoms with E-state index in [2.05, 4.69) is 25.8 Å². The SMILES string of the molecule is CN1Cc2cc(NC(=O)c3cc(-c4cccnc4)nc4onc(C5CC5)c34)ccc2NC1=O. The number of carbonyl (C=O) groups is 2. The van der Waals surface area contributed by atoms with Crippen LogP contribution in [0.1, 0.15) is 40.4 Å². The van der Waals surface area contributed by atoms with Gasteiger partial charge in [0, 0.05) is 48.8 Å². The van der Waals surface area contributed by atoms with Gasteiger partial charge in [-0.3, -0.25) is 9.78 Å². The van der Waals surface area contributed by atoms with Gasteiger partial charge in [0.15, 0.2) is 0 Å². The smallest absolute Gasteiger partial charge is 0.321 e. The Morgan fingerprint density at radius 3 is 2.91 bits per heavy atom. The molecule has 2 aliphatic rings. The number of anilines is 2. The predicted molar refractivity (Wildman–Crippen MR) is 122 cm³/mol. The van der Waals surface area contributed by atoms with Crippen LogP contribution in [0.4, 0.5) is 16.2 Å². The molecule has 4 heterocycles. The maximum atomic E-state index is 13.5. The molecule has 0 atom stereocenters. The molecule has 0 bridgehead atoms. The van der Waals surface area contributed by atoms with Crippen LogP contribution >= 0.6 is 0 Å². The summed E-state index contributed by atoms with van der Waals surface area (Å²) in [6.07, 6.45) is 5.43. The van der Waals surface area contributed by atoms with E-state index in [1.54, 1.807) is 42.5 Å². The van der Waals surface area contributed by atoms with Crippen LogP contribution in [0.2, 0.25) is 0 Å². The van der Waals surface area contributed by atoms with Crippen molar-refractivity contribution in [3.63, 3.8) is 0 Å². The van der Waals surface area contributed by atoms with Gasteiger partial charge in [0.2, 0.25) is 0 Å². The summed E-state index contributed by atoms with van der Waals surface area (Å²) in [4.78, 5) is 35.7. The molecule has 1 fully saturated rings. The van der Waals surface area contributed by atoms with E-state index in [9.17, 15) is 9.59 Å². The highest BCUT2D eigenvalue weighted by molar-refractivity contribution is 6.13. The molecule has 164 valence electrons. The van der Waals surface area contributed by atoms with E-state index in [0.29, 0.717) is 40.5 Å². The largest absolute Gasteiger partial charge is 0.335 e. The molecule has 1 saturated carbocycles. The Hall–Kier alpha value is -4.27. The Morgan fingerprint density at radius 1 is 1.24 bits per heavy atom. The maximum absolute atomic E-state index is 13.5. The number of rotatable bonds is 4. The number of carbonyl (C=O) groups excluding carboxylic acids is 2. The number of nitrogens with zero attached hydrogens (tertiary/aromatic N) is 4. The monoisotopic (exact) mass is 440 g/mol. The lowest BCUT2D eigenvalue weighted by atomic mass is 10.0. The molecule has 0 radical (unpaired) electrons. The number of aromatic nitrogens is 3. The van der Waals surface area contributed by atoms with Gasteiger partial charge in [-0.1, -0.05) is 5.16 Å². The number of nitrogens with one attached hydrogen (secondary N) is 2. The number of hydrogen-bond donors (Lipinski definition) is 2. The summed E-state index contributed by atoms with van der Waals surface area (Å²) in [5, 5.41) is 10.7. The Balaban J connectivity index is 1.40. The molecule has 33 heavy (non-hydrogen) atoms. The van der Waals surface area contributed by atoms with E-state index in [0.717, 1.165) is 35.3 Å². The molecule has 6 rings (SSSR count). The molecular formula is C24H20N6O3. The number of amides is 3. The molecule has 1 aliphatic heterocycles. The zero-order valence-corrected chi connectivity index (χ0v) is 17.8. The second kappa shape index (κ2) is 7.40. The third kappa shape index (κ3) is 3.47. The van der Waals surface area contributed by atoms with Crippen molar-refractivity contribution in [3.8, 4) is 11.3 Å². The van der Waals surface area contributed by atoms with Gasteiger partial charge in [-0.05, 0) is 54.8 Å². The first-order chi connectivity index (χ1) is 16.1. The minimum absolute atomic E-state index is 0.151. The van der Waals surface area contributed by atoms with Crippen molar-refractivity contribution in [1.82, 2.24) is 20.0 Å². The van der Waals surface area contributed by atoms with Crippen molar-refractivity contribution in [3.05, 3.63) is 65.6 Å². The van der Waals surface area contributed by atoms with Crippen LogP contribution in [0.15, 0.2) is 53.3 Å². The molecule has 9 heteroatoms. The molecule has 1 aromatic carbocycles. The maximum Gasteiger partial charge on any atom is 0.321 e. The van der Waals surface area contributed by atoms with E-state index < -0.39 is 0 Å². The van der Waals surface area contributed by atoms with Crippen molar-refractivity contribution >= 4 is 34.4 Å². The first-order valence-corrected chi connectivity index (χ1v) is 10.7. The van der Waals surface area contributed by atoms with Crippen molar-refractivity contribution in [2.75, 3.05) is 17.7 Å². The zero-order chi connectivity index (χ0) is 22.5. The van der Waals surface area contributed by atoms with Crippen molar-refractivity contribution < 1.29 is 14.1 Å². The average molecular weight is 440 g/mol. The fourth-order valence-electron chi connectivity index (χ4n) is 4.11. The topological polar surface area (TPSA) is 113 Å². The quantitative estimate of drug-likeness (QED) is 0.487. The molecule has 3 aromatic heterocycles. The van der Waals surface area contributed by atoms with E-state index in [4.69, 9.17) is 4.52 Å². The lowest BCUT2D eigenvalue weighted by Crippen LogP contribution is -2.35. The first-order valence-electron chi connectivity index (χ1n) is 10.7. The Morgan fingerprint density at radius 2 is 2.12 bits per heavy atom. The highest BCUT2D eigenvalue weighted by Gasteiger charge is 2.32. The molecule has 9 nitrogen and oxygen atoms in total. The minimum atomic E-state index is -0.272. The van der Waals surface area contributed by atoms with Crippen LogP contribution < -0.4 is 10.6 Å². The zero-order valence-electron chi connectivity index (χ0n) is 17.8. The van der Waals surface area contributed by atoms with Crippen molar-refractivity contribution in [2.24, 2.45) is 0 Å². The highest BCUT2D eigenvalue weighted by atomic mass is 16.5. The van der Waals surface area contributed by atoms with E-state index in [-0.39, 0.29) is 11.9 Å². The third-order valence-corrected chi connectivity index (χ3v) is 6.00. The van der Waals surface area contributed by atoms with E-state index in [1.807, 2.05) is 18.2 Å². The van der Waals surface area contributed by atoms with E-state index in [1.165, 1.54) is 0 Å². The van der Waals surface area contributed by atoms with Crippen LogP contribution in [-0.4, -0.2) is 39.0 Å². The van der Waals surface area contributed by atoms with Gasteiger partial charge >= 0.3 is 6.03 Å². The summed E-state index contributed by atoms with van der Waals surface area (Å²) < 4.78 is 5.54. The molecule has 0 unspecified atom stereocenters. The fourth-order valence-corrected chi connectivity index (χ4v) is 4.11. The Bertz CT molecular complexity index is 1410. The van der Waals surface area contributed by atoms with Crippen LogP contribution in [-0.2, 0) is 6.54 Å². The highest BCUT2D eigenvalue weighted by Crippen LogP contribution is 2.43. The Kier molecular flexibility index (Phi) is 4.36. The standard InChI is InChI=1S/C24H20N6O3/c1-30-12-15-9-16(6-7-18(15)28-24(30)32)26-22(31)17-10-19(14-3-2-8-25-11-14)27-23-20(17)21(29-33-23)13-4-5-13/h2-3,6-11,13H,4-5,12H2,1H3,(H,26,31)(H,28,32). The number of urea groups is 1. The van der Waals surface area contributed by atoms with Crippen LogP contribution in [0.25, 0.3) is 22.4 Å². The Labute approximate surface area is 188 Å². The van der Waals surface area contributed by atoms with Crippen LogP contribution in [0.5, 0.6) is 0 Å². The number of fused-ring (bicyclic) bond motifs is 2. The van der Waals surface area contributed by atoms with Crippen molar-refractivity contribution in [2.45, 2.75) is 25.3 Å². The van der Waals surface area contributed by atoms with Gasteiger partial charge in [0.25, 0.3) is 11.6 Å². The number of hydrogen-bond acceptors (Lipinski definition) is 6. The van der Waals surface area contributed by atoms with Crippen molar-refractivity contribution in [1.29, 1.82) is 0 Å². The summed E-state index contributed by atoms with van der Waals surface area (Å²) in [6, 6.07) is 10.8. The second-order valence-electron chi connectivity index (χ2n) is 8.43. The summed E-state index contributed by atoms with van der Waals surface area (Å²) in [7, 11) is 1.72. The van der Waals surface area contributed by atoms with Gasteiger partial charge in [0.05, 0.1) is 22.3 Å². The minimum Gasteiger partial charge on any atom is -0.335 e. The van der Waals surface area contributed by atoms with Crippen LogP contribution in [0, 0.1) is 0 Å². The predicted octanol–water partition coefficient (Wildman–Crippen LogP) is 4.39. The molecule has 2 N–H and O–H groups in total. The summed E-state index contributed by atoms with van der Waals surface area (Å²) in [6.45, 7) is 0.465. The van der Waals surface area contributed by atoms with Gasteiger partial charge < -0.3 is 20.1 Å². The van der Waals surface area contributed by atoms with Gasteiger partial charge in [0.1, 0.15) is 0 Å².